The molecule has 0 aromatic carbocycles. The highest BCUT2D eigenvalue weighted by Crippen LogP contribution is 2.34. The van der Waals surface area contributed by atoms with E-state index < -0.39 is 0 Å². The van der Waals surface area contributed by atoms with Crippen molar-refractivity contribution in [2.75, 3.05) is 19.8 Å². The molecule has 100 valence electrons. The van der Waals surface area contributed by atoms with Crippen molar-refractivity contribution < 1.29 is 9.26 Å². The quantitative estimate of drug-likeness (QED) is 0.871. The molecule has 18 heavy (non-hydrogen) atoms. The van der Waals surface area contributed by atoms with Crippen molar-refractivity contribution in [1.29, 1.82) is 0 Å². The van der Waals surface area contributed by atoms with E-state index in [1.54, 1.807) is 0 Å². The summed E-state index contributed by atoms with van der Waals surface area (Å²) in [6.45, 7) is 4.55. The third-order valence-corrected chi connectivity index (χ3v) is 3.98. The minimum absolute atomic E-state index is 0.0704. The standard InChI is InChI=1S/C13H21N3O2/c1-9-3-2-4-10(7-9)12-15-13(18-16-12)11-8-17-6-5-14-11/h9-11,14H,2-8H2,1H3. The summed E-state index contributed by atoms with van der Waals surface area (Å²) in [6, 6.07) is 0.0704. The van der Waals surface area contributed by atoms with Gasteiger partial charge in [-0.2, -0.15) is 4.98 Å². The van der Waals surface area contributed by atoms with E-state index in [1.165, 1.54) is 25.7 Å². The average molecular weight is 251 g/mol. The summed E-state index contributed by atoms with van der Waals surface area (Å²) in [7, 11) is 0. The zero-order chi connectivity index (χ0) is 12.4. The van der Waals surface area contributed by atoms with Gasteiger partial charge >= 0.3 is 0 Å². The molecule has 0 spiro atoms. The van der Waals surface area contributed by atoms with Crippen LogP contribution in [0.1, 0.15) is 56.3 Å². The Kier molecular flexibility index (Phi) is 3.61. The van der Waals surface area contributed by atoms with Gasteiger partial charge in [0.05, 0.1) is 13.2 Å². The zero-order valence-corrected chi connectivity index (χ0v) is 10.9. The van der Waals surface area contributed by atoms with Crippen LogP contribution in [-0.2, 0) is 4.74 Å². The lowest BCUT2D eigenvalue weighted by molar-refractivity contribution is 0.0659. The first kappa shape index (κ1) is 12.1. The zero-order valence-electron chi connectivity index (χ0n) is 10.9. The van der Waals surface area contributed by atoms with Crippen LogP contribution in [0.5, 0.6) is 0 Å². The molecular weight excluding hydrogens is 230 g/mol. The molecule has 1 aliphatic carbocycles. The highest BCUT2D eigenvalue weighted by atomic mass is 16.5. The number of nitrogens with one attached hydrogen (secondary N) is 1. The number of hydrogen-bond donors (Lipinski definition) is 1. The van der Waals surface area contributed by atoms with E-state index in [0.717, 1.165) is 24.9 Å². The van der Waals surface area contributed by atoms with Crippen molar-refractivity contribution in [3.63, 3.8) is 0 Å². The summed E-state index contributed by atoms with van der Waals surface area (Å²) in [6.07, 6.45) is 4.99. The van der Waals surface area contributed by atoms with Crippen LogP contribution < -0.4 is 5.32 Å². The first-order chi connectivity index (χ1) is 8.83. The summed E-state index contributed by atoms with van der Waals surface area (Å²) in [5.41, 5.74) is 0. The molecule has 0 bridgehead atoms. The second kappa shape index (κ2) is 5.36. The van der Waals surface area contributed by atoms with Gasteiger partial charge in [0, 0.05) is 12.5 Å². The largest absolute Gasteiger partial charge is 0.378 e. The monoisotopic (exact) mass is 251 g/mol. The molecule has 1 N–H and O–H groups in total. The van der Waals surface area contributed by atoms with Crippen LogP contribution in [0, 0.1) is 5.92 Å². The Morgan fingerprint density at radius 2 is 2.28 bits per heavy atom. The van der Waals surface area contributed by atoms with Crippen molar-refractivity contribution in [3.05, 3.63) is 11.7 Å². The fraction of sp³-hybridized carbons (Fsp3) is 0.846. The van der Waals surface area contributed by atoms with Gasteiger partial charge in [0.1, 0.15) is 6.04 Å². The molecule has 5 heteroatoms. The number of hydrogen-bond acceptors (Lipinski definition) is 5. The predicted octanol–water partition coefficient (Wildman–Crippen LogP) is 2.02. The Hall–Kier alpha value is -0.940. The minimum Gasteiger partial charge on any atom is -0.378 e. The Balaban J connectivity index is 1.68. The Bertz CT molecular complexity index is 387. The van der Waals surface area contributed by atoms with Gasteiger partial charge in [-0.05, 0) is 18.8 Å². The minimum atomic E-state index is 0.0704. The molecule has 2 fully saturated rings. The highest BCUT2D eigenvalue weighted by Gasteiger charge is 2.27. The summed E-state index contributed by atoms with van der Waals surface area (Å²) >= 11 is 0. The summed E-state index contributed by atoms with van der Waals surface area (Å²) in [5.74, 6) is 2.84. The van der Waals surface area contributed by atoms with E-state index >= 15 is 0 Å². The maximum absolute atomic E-state index is 5.42. The molecule has 3 atom stereocenters. The molecule has 5 nitrogen and oxygen atoms in total. The van der Waals surface area contributed by atoms with Crippen LogP contribution >= 0.6 is 0 Å². The van der Waals surface area contributed by atoms with Crippen molar-refractivity contribution in [2.45, 2.75) is 44.6 Å². The fourth-order valence-electron chi connectivity index (χ4n) is 2.95. The van der Waals surface area contributed by atoms with Crippen LogP contribution in [0.2, 0.25) is 0 Å². The van der Waals surface area contributed by atoms with Crippen LogP contribution in [0.3, 0.4) is 0 Å². The Morgan fingerprint density at radius 1 is 1.33 bits per heavy atom. The molecule has 1 saturated carbocycles. The van der Waals surface area contributed by atoms with E-state index in [-0.39, 0.29) is 6.04 Å². The second-order valence-electron chi connectivity index (χ2n) is 5.54. The van der Waals surface area contributed by atoms with Gasteiger partial charge in [0.15, 0.2) is 5.82 Å². The molecule has 1 saturated heterocycles. The molecule has 1 aromatic heterocycles. The molecule has 0 radical (unpaired) electrons. The molecule has 0 amide bonds. The van der Waals surface area contributed by atoms with Crippen LogP contribution in [0.4, 0.5) is 0 Å². The van der Waals surface area contributed by atoms with Crippen LogP contribution in [-0.4, -0.2) is 29.9 Å². The first-order valence-electron chi connectivity index (χ1n) is 6.97. The lowest BCUT2D eigenvalue weighted by Gasteiger charge is -2.24. The van der Waals surface area contributed by atoms with E-state index in [0.29, 0.717) is 18.4 Å². The normalized spacial score (nSPS) is 33.5. The van der Waals surface area contributed by atoms with Gasteiger partial charge in [-0.25, -0.2) is 0 Å². The number of ether oxygens (including phenoxy) is 1. The molecule has 3 unspecified atom stereocenters. The average Bonchev–Trinajstić information content (AvgIpc) is 2.89. The number of rotatable bonds is 2. The summed E-state index contributed by atoms with van der Waals surface area (Å²) < 4.78 is 10.8. The van der Waals surface area contributed by atoms with E-state index in [1.807, 2.05) is 0 Å². The van der Waals surface area contributed by atoms with Gasteiger partial charge in [-0.1, -0.05) is 24.9 Å². The highest BCUT2D eigenvalue weighted by molar-refractivity contribution is 5.00. The second-order valence-corrected chi connectivity index (χ2v) is 5.54. The molecule has 3 rings (SSSR count). The smallest absolute Gasteiger partial charge is 0.246 e. The van der Waals surface area contributed by atoms with E-state index in [2.05, 4.69) is 22.4 Å². The molecule has 1 aromatic rings. The lowest BCUT2D eigenvalue weighted by atomic mass is 9.82. The van der Waals surface area contributed by atoms with Crippen LogP contribution in [0.25, 0.3) is 0 Å². The van der Waals surface area contributed by atoms with Gasteiger partial charge < -0.3 is 14.6 Å². The van der Waals surface area contributed by atoms with Gasteiger partial charge in [-0.3, -0.25) is 0 Å². The Morgan fingerprint density at radius 3 is 3.06 bits per heavy atom. The number of aromatic nitrogens is 2. The fourth-order valence-corrected chi connectivity index (χ4v) is 2.95. The van der Waals surface area contributed by atoms with Crippen molar-refractivity contribution in [1.82, 2.24) is 15.5 Å². The molecular formula is C13H21N3O2. The van der Waals surface area contributed by atoms with Crippen LogP contribution in [0.15, 0.2) is 4.52 Å². The number of nitrogens with zero attached hydrogens (tertiary/aromatic N) is 2. The topological polar surface area (TPSA) is 60.2 Å². The maximum atomic E-state index is 5.42. The lowest BCUT2D eigenvalue weighted by Crippen LogP contribution is -2.34. The molecule has 1 aliphatic heterocycles. The van der Waals surface area contributed by atoms with E-state index in [4.69, 9.17) is 9.26 Å². The van der Waals surface area contributed by atoms with Gasteiger partial charge in [0.25, 0.3) is 0 Å². The van der Waals surface area contributed by atoms with Gasteiger partial charge in [0.2, 0.25) is 5.89 Å². The van der Waals surface area contributed by atoms with Crippen molar-refractivity contribution in [3.8, 4) is 0 Å². The maximum Gasteiger partial charge on any atom is 0.246 e. The SMILES string of the molecule is CC1CCCC(c2noc(C3COCCN3)n2)C1. The van der Waals surface area contributed by atoms with Crippen molar-refractivity contribution in [2.24, 2.45) is 5.92 Å². The summed E-state index contributed by atoms with van der Waals surface area (Å²) in [5, 5.41) is 7.51. The molecule has 2 aliphatic rings. The third-order valence-electron chi connectivity index (χ3n) is 3.98. The van der Waals surface area contributed by atoms with Gasteiger partial charge in [-0.15, -0.1) is 0 Å². The molecule has 2 heterocycles. The Labute approximate surface area is 107 Å². The van der Waals surface area contributed by atoms with Crippen molar-refractivity contribution >= 4 is 0 Å². The third kappa shape index (κ3) is 2.57. The number of morpholine rings is 1. The van der Waals surface area contributed by atoms with E-state index in [9.17, 15) is 0 Å². The summed E-state index contributed by atoms with van der Waals surface area (Å²) in [4.78, 5) is 4.57. The predicted molar refractivity (Wildman–Crippen MR) is 66.2 cm³/mol. The first-order valence-corrected chi connectivity index (χ1v) is 6.97.